The van der Waals surface area contributed by atoms with Crippen LogP contribution in [-0.2, 0) is 16.8 Å². The third-order valence-electron chi connectivity index (χ3n) is 3.57. The van der Waals surface area contributed by atoms with Gasteiger partial charge < -0.3 is 4.90 Å². The fourth-order valence-electron chi connectivity index (χ4n) is 2.28. The van der Waals surface area contributed by atoms with Crippen LogP contribution in [0.1, 0.15) is 24.8 Å². The molecule has 1 aliphatic heterocycles. The molecule has 2 rings (SSSR count). The third-order valence-corrected chi connectivity index (χ3v) is 5.12. The van der Waals surface area contributed by atoms with Crippen LogP contribution in [-0.4, -0.2) is 39.9 Å². The fraction of sp³-hybridized carbons (Fsp3) is 0.571. The Kier molecular flexibility index (Phi) is 5.01. The smallest absolute Gasteiger partial charge is 0.279 e. The molecular weight excluding hydrogens is 274 g/mol. The van der Waals surface area contributed by atoms with E-state index >= 15 is 0 Å². The maximum atomic E-state index is 12.1. The third kappa shape index (κ3) is 3.94. The number of nitrogens with one attached hydrogen (secondary N) is 1. The summed E-state index contributed by atoms with van der Waals surface area (Å²) in [5, 5.41) is 0. The van der Waals surface area contributed by atoms with Crippen LogP contribution in [0, 0.1) is 0 Å². The van der Waals surface area contributed by atoms with Crippen LogP contribution in [0.5, 0.6) is 0 Å². The first-order chi connectivity index (χ1) is 9.49. The minimum atomic E-state index is -3.34. The first-order valence-corrected chi connectivity index (χ1v) is 8.44. The van der Waals surface area contributed by atoms with Crippen LogP contribution >= 0.6 is 0 Å². The van der Waals surface area contributed by atoms with Gasteiger partial charge in [-0.1, -0.05) is 18.6 Å². The summed E-state index contributed by atoms with van der Waals surface area (Å²) >= 11 is 0. The molecule has 112 valence electrons. The number of hydrogen-bond donors (Lipinski definition) is 1. The Morgan fingerprint density at radius 2 is 1.70 bits per heavy atom. The van der Waals surface area contributed by atoms with Crippen molar-refractivity contribution in [3.63, 3.8) is 0 Å². The summed E-state index contributed by atoms with van der Waals surface area (Å²) in [4.78, 5) is 2.02. The van der Waals surface area contributed by atoms with E-state index in [1.165, 1.54) is 0 Å². The van der Waals surface area contributed by atoms with E-state index in [1.807, 2.05) is 43.3 Å². The number of rotatable bonds is 5. The molecule has 1 N–H and O–H groups in total. The summed E-state index contributed by atoms with van der Waals surface area (Å²) in [6.07, 6.45) is 3.04. The van der Waals surface area contributed by atoms with Crippen molar-refractivity contribution in [2.24, 2.45) is 0 Å². The summed E-state index contributed by atoms with van der Waals surface area (Å²) in [6.45, 7) is 1.61. The second kappa shape index (κ2) is 6.56. The number of hydrogen-bond acceptors (Lipinski definition) is 3. The van der Waals surface area contributed by atoms with Crippen molar-refractivity contribution in [3.05, 3.63) is 29.8 Å². The standard InChI is InChI=1S/C14H23N3O2S/c1-16(2)14-8-6-13(7-9-14)12-15-20(18,19)17-10-4-3-5-11-17/h6-9,15H,3-5,10-12H2,1-2H3. The van der Waals surface area contributed by atoms with E-state index < -0.39 is 10.2 Å². The van der Waals surface area contributed by atoms with Gasteiger partial charge >= 0.3 is 0 Å². The minimum Gasteiger partial charge on any atom is -0.378 e. The zero-order valence-electron chi connectivity index (χ0n) is 12.2. The molecule has 20 heavy (non-hydrogen) atoms. The monoisotopic (exact) mass is 297 g/mol. The van der Waals surface area contributed by atoms with Gasteiger partial charge in [0.1, 0.15) is 0 Å². The van der Waals surface area contributed by atoms with Gasteiger partial charge in [-0.3, -0.25) is 0 Å². The molecule has 0 bridgehead atoms. The van der Waals surface area contributed by atoms with E-state index in [-0.39, 0.29) is 0 Å². The lowest BCUT2D eigenvalue weighted by molar-refractivity contribution is 0.341. The van der Waals surface area contributed by atoms with Crippen LogP contribution in [0.15, 0.2) is 24.3 Å². The van der Waals surface area contributed by atoms with Crippen molar-refractivity contribution in [2.75, 3.05) is 32.1 Å². The molecule has 1 heterocycles. The minimum absolute atomic E-state index is 0.340. The molecule has 0 spiro atoms. The van der Waals surface area contributed by atoms with Crippen LogP contribution in [0.25, 0.3) is 0 Å². The Balaban J connectivity index is 1.93. The van der Waals surface area contributed by atoms with Gasteiger partial charge in [0.25, 0.3) is 10.2 Å². The molecule has 0 radical (unpaired) electrons. The molecule has 1 aromatic carbocycles. The largest absolute Gasteiger partial charge is 0.378 e. The van der Waals surface area contributed by atoms with Crippen LogP contribution in [0.4, 0.5) is 5.69 Å². The van der Waals surface area contributed by atoms with Crippen molar-refractivity contribution in [2.45, 2.75) is 25.8 Å². The molecule has 1 fully saturated rings. The molecule has 0 aliphatic carbocycles. The average molecular weight is 297 g/mol. The fourth-order valence-corrected chi connectivity index (χ4v) is 3.55. The highest BCUT2D eigenvalue weighted by molar-refractivity contribution is 7.87. The van der Waals surface area contributed by atoms with Gasteiger partial charge in [-0.25, -0.2) is 0 Å². The van der Waals surface area contributed by atoms with E-state index in [4.69, 9.17) is 0 Å². The van der Waals surface area contributed by atoms with Gasteiger partial charge in [0.15, 0.2) is 0 Å². The Morgan fingerprint density at radius 3 is 2.25 bits per heavy atom. The van der Waals surface area contributed by atoms with Crippen molar-refractivity contribution in [1.29, 1.82) is 0 Å². The molecule has 1 aromatic rings. The lowest BCUT2D eigenvalue weighted by Gasteiger charge is -2.26. The van der Waals surface area contributed by atoms with E-state index in [0.717, 1.165) is 30.5 Å². The van der Waals surface area contributed by atoms with E-state index in [1.54, 1.807) is 4.31 Å². The van der Waals surface area contributed by atoms with Crippen molar-refractivity contribution < 1.29 is 8.42 Å². The van der Waals surface area contributed by atoms with Crippen molar-refractivity contribution in [3.8, 4) is 0 Å². The highest BCUT2D eigenvalue weighted by Gasteiger charge is 2.23. The summed E-state index contributed by atoms with van der Waals surface area (Å²) in [5.41, 5.74) is 2.07. The molecule has 5 nitrogen and oxygen atoms in total. The normalized spacial score (nSPS) is 17.1. The predicted octanol–water partition coefficient (Wildman–Crippen LogP) is 1.57. The molecule has 0 unspecified atom stereocenters. The van der Waals surface area contributed by atoms with E-state index in [9.17, 15) is 8.42 Å². The maximum Gasteiger partial charge on any atom is 0.279 e. The summed E-state index contributed by atoms with van der Waals surface area (Å²) in [7, 11) is 0.625. The SMILES string of the molecule is CN(C)c1ccc(CNS(=O)(=O)N2CCCCC2)cc1. The lowest BCUT2D eigenvalue weighted by atomic mass is 10.2. The van der Waals surface area contributed by atoms with E-state index in [2.05, 4.69) is 4.72 Å². The van der Waals surface area contributed by atoms with Gasteiger partial charge in [0.05, 0.1) is 0 Å². The lowest BCUT2D eigenvalue weighted by Crippen LogP contribution is -2.43. The second-order valence-corrected chi connectivity index (χ2v) is 7.10. The Morgan fingerprint density at radius 1 is 1.10 bits per heavy atom. The molecule has 0 atom stereocenters. The Bertz CT molecular complexity index is 520. The quantitative estimate of drug-likeness (QED) is 0.897. The molecular formula is C14H23N3O2S. The maximum absolute atomic E-state index is 12.1. The predicted molar refractivity (Wildman–Crippen MR) is 82.0 cm³/mol. The van der Waals surface area contributed by atoms with Gasteiger partial charge in [0, 0.05) is 39.4 Å². The van der Waals surface area contributed by atoms with E-state index in [0.29, 0.717) is 19.6 Å². The Labute approximate surface area is 121 Å². The summed E-state index contributed by atoms with van der Waals surface area (Å²) in [6, 6.07) is 7.89. The Hall–Kier alpha value is -1.11. The first-order valence-electron chi connectivity index (χ1n) is 7.00. The van der Waals surface area contributed by atoms with Crippen molar-refractivity contribution >= 4 is 15.9 Å². The average Bonchev–Trinajstić information content (AvgIpc) is 2.46. The first kappa shape index (κ1) is 15.3. The molecule has 0 amide bonds. The highest BCUT2D eigenvalue weighted by Crippen LogP contribution is 2.14. The topological polar surface area (TPSA) is 52.7 Å². The van der Waals surface area contributed by atoms with Crippen LogP contribution in [0.2, 0.25) is 0 Å². The zero-order valence-corrected chi connectivity index (χ0v) is 13.0. The van der Waals surface area contributed by atoms with Gasteiger partial charge in [-0.15, -0.1) is 0 Å². The number of nitrogens with zero attached hydrogens (tertiary/aromatic N) is 2. The zero-order chi connectivity index (χ0) is 14.6. The van der Waals surface area contributed by atoms with Gasteiger partial charge in [0.2, 0.25) is 0 Å². The molecule has 1 aliphatic rings. The van der Waals surface area contributed by atoms with Crippen LogP contribution < -0.4 is 9.62 Å². The number of anilines is 1. The summed E-state index contributed by atoms with van der Waals surface area (Å²) < 4.78 is 28.5. The highest BCUT2D eigenvalue weighted by atomic mass is 32.2. The van der Waals surface area contributed by atoms with Gasteiger partial charge in [-0.05, 0) is 30.5 Å². The molecule has 0 aromatic heterocycles. The molecule has 1 saturated heterocycles. The second-order valence-electron chi connectivity index (χ2n) is 5.35. The molecule has 6 heteroatoms. The summed E-state index contributed by atoms with van der Waals surface area (Å²) in [5.74, 6) is 0. The molecule has 0 saturated carbocycles. The number of benzene rings is 1. The van der Waals surface area contributed by atoms with Gasteiger partial charge in [-0.2, -0.15) is 17.4 Å². The van der Waals surface area contributed by atoms with Crippen LogP contribution in [0.3, 0.4) is 0 Å². The number of piperidine rings is 1. The van der Waals surface area contributed by atoms with Crippen molar-refractivity contribution in [1.82, 2.24) is 9.03 Å².